The molecule has 0 aliphatic rings. The molecule has 3 aromatic heterocycles. The van der Waals surface area contributed by atoms with Gasteiger partial charge in [-0.05, 0) is 47.3 Å². The Morgan fingerprint density at radius 2 is 1.29 bits per heavy atom. The zero-order chi connectivity index (χ0) is 20.8. The fourth-order valence-electron chi connectivity index (χ4n) is 4.48. The largest absolute Gasteiger partial charge is 0.336 e. The smallest absolute Gasteiger partial charge is 0.188 e. The molecule has 0 fully saturated rings. The molecule has 0 N–H and O–H groups in total. The molecule has 3 aromatic carbocycles. The average Bonchev–Trinajstić information content (AvgIpc) is 2.84. The van der Waals surface area contributed by atoms with Crippen LogP contribution in [0.5, 0.6) is 0 Å². The van der Waals surface area contributed by atoms with Gasteiger partial charge in [-0.15, -0.1) is 0 Å². The topological polar surface area (TPSA) is 17.0 Å². The van der Waals surface area contributed by atoms with Crippen LogP contribution >= 0.6 is 0 Å². The number of hydrogen-bond acceptors (Lipinski definition) is 1. The molecule has 0 saturated carbocycles. The minimum Gasteiger partial charge on any atom is -0.188 e. The van der Waals surface area contributed by atoms with Crippen LogP contribution < -0.4 is 4.40 Å². The molecule has 146 valence electrons. The summed E-state index contributed by atoms with van der Waals surface area (Å²) in [6.45, 7) is 2.13. The second-order valence-corrected chi connectivity index (χ2v) is 8.00. The van der Waals surface area contributed by atoms with E-state index in [-0.39, 0.29) is 0 Å². The first-order valence-electron chi connectivity index (χ1n) is 10.6. The fourth-order valence-corrected chi connectivity index (χ4v) is 4.48. The van der Waals surface area contributed by atoms with Gasteiger partial charge in [0, 0.05) is 16.3 Å². The summed E-state index contributed by atoms with van der Waals surface area (Å²) in [7, 11) is 0. The van der Waals surface area contributed by atoms with Crippen molar-refractivity contribution in [3.8, 4) is 22.4 Å². The summed E-state index contributed by atoms with van der Waals surface area (Å²) in [5, 5.41) is 3.62. The van der Waals surface area contributed by atoms with Crippen molar-refractivity contribution in [3.63, 3.8) is 0 Å². The predicted molar refractivity (Wildman–Crippen MR) is 128 cm³/mol. The van der Waals surface area contributed by atoms with Gasteiger partial charge >= 0.3 is 5.65 Å². The highest BCUT2D eigenvalue weighted by molar-refractivity contribution is 6.09. The molecule has 2 heteroatoms. The molecule has 0 radical (unpaired) electrons. The van der Waals surface area contributed by atoms with Crippen LogP contribution in [0, 0.1) is 6.92 Å². The average molecular weight is 398 g/mol. The van der Waals surface area contributed by atoms with E-state index in [9.17, 15) is 0 Å². The van der Waals surface area contributed by atoms with Crippen molar-refractivity contribution in [2.45, 2.75) is 6.92 Å². The van der Waals surface area contributed by atoms with Gasteiger partial charge in [-0.25, -0.2) is 0 Å². The lowest BCUT2D eigenvalue weighted by Gasteiger charge is -2.12. The van der Waals surface area contributed by atoms with E-state index in [0.717, 1.165) is 16.7 Å². The van der Waals surface area contributed by atoms with Crippen molar-refractivity contribution in [2.24, 2.45) is 0 Å². The molecule has 6 rings (SSSR count). The Morgan fingerprint density at radius 1 is 0.581 bits per heavy atom. The third-order valence-electron chi connectivity index (χ3n) is 6.01. The highest BCUT2D eigenvalue weighted by Crippen LogP contribution is 2.31. The monoisotopic (exact) mass is 397 g/mol. The van der Waals surface area contributed by atoms with Gasteiger partial charge in [0.25, 0.3) is 0 Å². The summed E-state index contributed by atoms with van der Waals surface area (Å²) in [5.74, 6) is 0. The lowest BCUT2D eigenvalue weighted by molar-refractivity contribution is -0.470. The van der Waals surface area contributed by atoms with Gasteiger partial charge in [-0.1, -0.05) is 84.4 Å². The van der Waals surface area contributed by atoms with Crippen molar-refractivity contribution >= 4 is 27.3 Å². The number of nitrogens with zero attached hydrogens (tertiary/aromatic N) is 2. The summed E-state index contributed by atoms with van der Waals surface area (Å²) < 4.78 is 2.31. The second kappa shape index (κ2) is 7.03. The molecule has 0 spiro atoms. The Morgan fingerprint density at radius 3 is 2.10 bits per heavy atom. The van der Waals surface area contributed by atoms with Crippen molar-refractivity contribution in [1.29, 1.82) is 0 Å². The van der Waals surface area contributed by atoms with Crippen LogP contribution in [0.25, 0.3) is 49.7 Å². The molecule has 0 aliphatic carbocycles. The Bertz CT molecular complexity index is 1570. The minimum atomic E-state index is 0.977. The normalized spacial score (nSPS) is 11.4. The highest BCUT2D eigenvalue weighted by atomic mass is 15.0. The molecule has 0 amide bonds. The van der Waals surface area contributed by atoms with Gasteiger partial charge < -0.3 is 0 Å². The fraction of sp³-hybridized carbons (Fsp3) is 0.0345. The van der Waals surface area contributed by atoms with E-state index < -0.39 is 0 Å². The van der Waals surface area contributed by atoms with Gasteiger partial charge in [-0.3, -0.25) is 0 Å². The van der Waals surface area contributed by atoms with E-state index in [4.69, 9.17) is 4.98 Å². The van der Waals surface area contributed by atoms with Crippen molar-refractivity contribution < 1.29 is 4.40 Å². The minimum absolute atomic E-state index is 0.977. The Labute approximate surface area is 181 Å². The number of aromatic nitrogens is 2. The number of aryl methyl sites for hydroxylation is 1. The van der Waals surface area contributed by atoms with Crippen molar-refractivity contribution in [2.75, 3.05) is 0 Å². The van der Waals surface area contributed by atoms with Crippen LogP contribution in [0.4, 0.5) is 0 Å². The van der Waals surface area contributed by atoms with E-state index in [1.807, 2.05) is 12.3 Å². The van der Waals surface area contributed by atoms with Crippen LogP contribution in [0.1, 0.15) is 5.56 Å². The standard InChI is InChI=1S/C29H21N2/c1-20-13-15-21(16-14-20)23-18-27(22-8-3-2-4-9-22)31-28(19-23)25-11-6-5-10-24(25)26-12-7-17-30-29(26)31/h2-19H,1H3/q+1. The lowest BCUT2D eigenvalue weighted by atomic mass is 9.98. The van der Waals surface area contributed by atoms with Crippen molar-refractivity contribution in [1.82, 2.24) is 4.98 Å². The van der Waals surface area contributed by atoms with E-state index in [1.165, 1.54) is 38.5 Å². The molecular formula is C29H21N2+. The molecule has 0 unspecified atom stereocenters. The third kappa shape index (κ3) is 2.88. The molecule has 31 heavy (non-hydrogen) atoms. The molecule has 3 heterocycles. The van der Waals surface area contributed by atoms with Gasteiger partial charge in [-0.2, -0.15) is 4.40 Å². The van der Waals surface area contributed by atoms with Crippen LogP contribution in [-0.2, 0) is 0 Å². The van der Waals surface area contributed by atoms with Gasteiger partial charge in [0.15, 0.2) is 0 Å². The maximum Gasteiger partial charge on any atom is 0.336 e. The van der Waals surface area contributed by atoms with E-state index >= 15 is 0 Å². The summed E-state index contributed by atoms with van der Waals surface area (Å²) in [5.41, 5.74) is 8.15. The highest BCUT2D eigenvalue weighted by Gasteiger charge is 2.20. The van der Waals surface area contributed by atoms with Gasteiger partial charge in [0.1, 0.15) is 17.4 Å². The number of benzene rings is 3. The quantitative estimate of drug-likeness (QED) is 0.233. The lowest BCUT2D eigenvalue weighted by Crippen LogP contribution is -2.28. The van der Waals surface area contributed by atoms with Crippen LogP contribution in [0.15, 0.2) is 109 Å². The zero-order valence-corrected chi connectivity index (χ0v) is 17.3. The maximum atomic E-state index is 4.82. The Hall–Kier alpha value is -4.04. The van der Waals surface area contributed by atoms with Crippen LogP contribution in [-0.4, -0.2) is 4.98 Å². The van der Waals surface area contributed by atoms with E-state index in [1.54, 1.807) is 0 Å². The summed E-state index contributed by atoms with van der Waals surface area (Å²) in [6, 6.07) is 36.8. The predicted octanol–water partition coefficient (Wildman–Crippen LogP) is 6.77. The van der Waals surface area contributed by atoms with Gasteiger partial charge in [0.2, 0.25) is 0 Å². The van der Waals surface area contributed by atoms with Crippen LogP contribution in [0.2, 0.25) is 0 Å². The summed E-state index contributed by atoms with van der Waals surface area (Å²) >= 11 is 0. The molecule has 2 nitrogen and oxygen atoms in total. The number of pyridine rings is 3. The summed E-state index contributed by atoms with van der Waals surface area (Å²) in [4.78, 5) is 4.82. The summed E-state index contributed by atoms with van der Waals surface area (Å²) in [6.07, 6.45) is 1.88. The zero-order valence-electron chi connectivity index (χ0n) is 17.3. The van der Waals surface area contributed by atoms with E-state index in [2.05, 4.69) is 108 Å². The third-order valence-corrected chi connectivity index (χ3v) is 6.01. The molecule has 0 saturated heterocycles. The first-order chi connectivity index (χ1) is 15.3. The molecule has 0 bridgehead atoms. The number of hydrogen-bond donors (Lipinski definition) is 0. The number of fused-ring (bicyclic) bond motifs is 6. The SMILES string of the molecule is Cc1ccc(-c2cc(-c3ccccc3)[n+]3c(c2)c2ccccc2c2cccnc23)cc1. The maximum absolute atomic E-state index is 4.82. The molecule has 0 aliphatic heterocycles. The second-order valence-electron chi connectivity index (χ2n) is 8.00. The van der Waals surface area contributed by atoms with E-state index in [0.29, 0.717) is 0 Å². The van der Waals surface area contributed by atoms with Gasteiger partial charge in [0.05, 0.1) is 5.39 Å². The Balaban J connectivity index is 1.84. The molecule has 6 aromatic rings. The van der Waals surface area contributed by atoms with Crippen molar-refractivity contribution in [3.05, 3.63) is 115 Å². The number of rotatable bonds is 2. The van der Waals surface area contributed by atoms with Crippen LogP contribution in [0.3, 0.4) is 0 Å². The molecular weight excluding hydrogens is 376 g/mol. The first-order valence-corrected chi connectivity index (χ1v) is 10.6. The molecule has 0 atom stereocenters. The Kier molecular flexibility index (Phi) is 4.03. The first kappa shape index (κ1) is 17.8.